The minimum Gasteiger partial charge on any atom is -0.491 e. The molecule has 0 fully saturated rings. The summed E-state index contributed by atoms with van der Waals surface area (Å²) >= 11 is 0. The highest BCUT2D eigenvalue weighted by Crippen LogP contribution is 2.29. The number of unbranched alkanes of at least 4 members (excludes halogenated alkanes) is 5. The Morgan fingerprint density at radius 3 is 1.97 bits per heavy atom. The summed E-state index contributed by atoms with van der Waals surface area (Å²) in [4.78, 5) is 11.6. The summed E-state index contributed by atoms with van der Waals surface area (Å²) in [7, 11) is 0. The number of carbonyl (C=O) groups excluding carboxylic acids is 1. The van der Waals surface area contributed by atoms with Crippen LogP contribution < -0.4 is 9.47 Å². The maximum Gasteiger partial charge on any atom is 0.313 e. The molecule has 4 nitrogen and oxygen atoms in total. The lowest BCUT2D eigenvalue weighted by Crippen LogP contribution is -2.16. The fourth-order valence-electron chi connectivity index (χ4n) is 3.18. The van der Waals surface area contributed by atoms with Crippen LogP contribution in [0, 0.1) is 29.1 Å². The molecule has 0 unspecified atom stereocenters. The number of rotatable bonds is 15. The van der Waals surface area contributed by atoms with E-state index in [-0.39, 0.29) is 19.8 Å². The predicted molar refractivity (Wildman–Crippen MR) is 116 cm³/mol. The van der Waals surface area contributed by atoms with E-state index in [0.29, 0.717) is 5.75 Å². The van der Waals surface area contributed by atoms with Gasteiger partial charge in [-0.05, 0) is 30.5 Å². The molecule has 2 aromatic rings. The average molecular weight is 488 g/mol. The van der Waals surface area contributed by atoms with Gasteiger partial charge in [-0.1, -0.05) is 51.2 Å². The fraction of sp³-hybridized carbons (Fsp3) is 0.480. The molecule has 0 N–H and O–H groups in total. The predicted octanol–water partition coefficient (Wildman–Crippen LogP) is 6.68. The molecule has 0 aliphatic carbocycles. The lowest BCUT2D eigenvalue weighted by atomic mass is 10.0. The third-order valence-electron chi connectivity index (χ3n) is 5.07. The third-order valence-corrected chi connectivity index (χ3v) is 5.07. The second-order valence-corrected chi connectivity index (χ2v) is 7.75. The molecule has 0 spiro atoms. The number of hydrogen-bond acceptors (Lipinski definition) is 4. The van der Waals surface area contributed by atoms with Gasteiger partial charge in [-0.2, -0.15) is 8.78 Å². The Hall–Kier alpha value is -2.68. The van der Waals surface area contributed by atoms with E-state index < -0.39 is 47.2 Å². The Morgan fingerprint density at radius 2 is 1.32 bits per heavy atom. The topological polar surface area (TPSA) is 44.8 Å². The maximum atomic E-state index is 13.5. The van der Waals surface area contributed by atoms with Crippen molar-refractivity contribution in [3.05, 3.63) is 58.9 Å². The molecule has 188 valence electrons. The molecule has 34 heavy (non-hydrogen) atoms. The molecule has 2 aromatic carbocycles. The summed E-state index contributed by atoms with van der Waals surface area (Å²) in [6, 6.07) is 7.76. The van der Waals surface area contributed by atoms with Crippen molar-refractivity contribution in [3.63, 3.8) is 0 Å². The Balaban J connectivity index is 1.62. The van der Waals surface area contributed by atoms with Gasteiger partial charge in [0.25, 0.3) is 0 Å². The van der Waals surface area contributed by atoms with Crippen molar-refractivity contribution in [2.45, 2.75) is 58.3 Å². The first-order chi connectivity index (χ1) is 16.3. The number of benzene rings is 2. The smallest absolute Gasteiger partial charge is 0.313 e. The van der Waals surface area contributed by atoms with E-state index in [1.54, 1.807) is 0 Å². The molecule has 0 saturated heterocycles. The summed E-state index contributed by atoms with van der Waals surface area (Å²) in [5.74, 6) is -13.3. The van der Waals surface area contributed by atoms with Gasteiger partial charge < -0.3 is 14.2 Å². The normalized spacial score (nSPS) is 11.0. The van der Waals surface area contributed by atoms with E-state index in [4.69, 9.17) is 9.47 Å². The van der Waals surface area contributed by atoms with Crippen molar-refractivity contribution in [2.24, 2.45) is 0 Å². The zero-order valence-electron chi connectivity index (χ0n) is 19.1. The summed E-state index contributed by atoms with van der Waals surface area (Å²) in [5, 5.41) is 0. The van der Waals surface area contributed by atoms with Gasteiger partial charge >= 0.3 is 5.97 Å². The zero-order chi connectivity index (χ0) is 24.9. The van der Waals surface area contributed by atoms with Gasteiger partial charge in [0.2, 0.25) is 34.8 Å². The summed E-state index contributed by atoms with van der Waals surface area (Å²) in [6.07, 6.45) is 8.04. The van der Waals surface area contributed by atoms with Gasteiger partial charge in [0, 0.05) is 0 Å². The van der Waals surface area contributed by atoms with Crippen LogP contribution in [0.1, 0.15) is 57.4 Å². The van der Waals surface area contributed by atoms with Crippen LogP contribution in [0.5, 0.6) is 11.5 Å². The van der Waals surface area contributed by atoms with Crippen LogP contribution >= 0.6 is 0 Å². The number of aryl methyl sites for hydroxylation is 1. The standard InChI is InChI=1S/C25H29F5O4/c1-2-3-4-5-6-7-8-17-9-11-18(12-10-17)33-16-15-32-14-13-19(31)34-25-23(29)21(27)20(26)22(28)24(25)30/h9-12H,2-8,13-16H2,1H3. The van der Waals surface area contributed by atoms with Crippen LogP contribution in [0.4, 0.5) is 22.0 Å². The van der Waals surface area contributed by atoms with Crippen LogP contribution in [0.2, 0.25) is 0 Å². The lowest BCUT2D eigenvalue weighted by molar-refractivity contribution is -0.136. The first-order valence-electron chi connectivity index (χ1n) is 11.4. The van der Waals surface area contributed by atoms with Crippen molar-refractivity contribution in [1.29, 1.82) is 0 Å². The minimum absolute atomic E-state index is 0.120. The highest BCUT2D eigenvalue weighted by atomic mass is 19.2. The lowest BCUT2D eigenvalue weighted by Gasteiger charge is -2.10. The molecule has 0 saturated carbocycles. The first-order valence-corrected chi connectivity index (χ1v) is 11.4. The van der Waals surface area contributed by atoms with Crippen molar-refractivity contribution in [3.8, 4) is 11.5 Å². The van der Waals surface area contributed by atoms with Crippen LogP contribution in [0.15, 0.2) is 24.3 Å². The summed E-state index contributed by atoms with van der Waals surface area (Å²) < 4.78 is 81.3. The molecule has 0 heterocycles. The van der Waals surface area contributed by atoms with Crippen molar-refractivity contribution < 1.29 is 41.0 Å². The van der Waals surface area contributed by atoms with Crippen molar-refractivity contribution in [2.75, 3.05) is 19.8 Å². The van der Waals surface area contributed by atoms with Gasteiger partial charge in [-0.3, -0.25) is 4.79 Å². The Kier molecular flexibility index (Phi) is 11.8. The van der Waals surface area contributed by atoms with E-state index in [0.717, 1.165) is 12.8 Å². The molecule has 0 aromatic heterocycles. The van der Waals surface area contributed by atoms with E-state index in [1.807, 2.05) is 24.3 Å². The van der Waals surface area contributed by atoms with Crippen LogP contribution in [0.3, 0.4) is 0 Å². The quantitative estimate of drug-likeness (QED) is 0.0701. The molecule has 2 rings (SSSR count). The van der Waals surface area contributed by atoms with E-state index in [1.165, 1.54) is 37.7 Å². The molecule has 0 aliphatic heterocycles. The largest absolute Gasteiger partial charge is 0.491 e. The third kappa shape index (κ3) is 8.59. The van der Waals surface area contributed by atoms with Crippen LogP contribution in [0.25, 0.3) is 0 Å². The van der Waals surface area contributed by atoms with E-state index >= 15 is 0 Å². The van der Waals surface area contributed by atoms with E-state index in [9.17, 15) is 26.7 Å². The molecule has 9 heteroatoms. The molecule has 0 atom stereocenters. The highest BCUT2D eigenvalue weighted by molar-refractivity contribution is 5.72. The van der Waals surface area contributed by atoms with Gasteiger partial charge in [0.05, 0.1) is 19.6 Å². The minimum atomic E-state index is -2.33. The number of esters is 1. The van der Waals surface area contributed by atoms with Crippen molar-refractivity contribution >= 4 is 5.97 Å². The monoisotopic (exact) mass is 488 g/mol. The van der Waals surface area contributed by atoms with Crippen LogP contribution in [-0.2, 0) is 16.0 Å². The Labute approximate surface area is 196 Å². The summed E-state index contributed by atoms with van der Waals surface area (Å²) in [6.45, 7) is 2.33. The second-order valence-electron chi connectivity index (χ2n) is 7.75. The fourth-order valence-corrected chi connectivity index (χ4v) is 3.18. The number of carbonyl (C=O) groups is 1. The maximum absolute atomic E-state index is 13.5. The number of ether oxygens (including phenoxy) is 3. The number of halogens is 5. The molecule has 0 aliphatic rings. The van der Waals surface area contributed by atoms with Crippen LogP contribution in [-0.4, -0.2) is 25.8 Å². The Morgan fingerprint density at radius 1 is 0.735 bits per heavy atom. The number of hydrogen-bond donors (Lipinski definition) is 0. The molecular weight excluding hydrogens is 459 g/mol. The highest BCUT2D eigenvalue weighted by Gasteiger charge is 2.28. The molecular formula is C25H29F5O4. The van der Waals surface area contributed by atoms with E-state index in [2.05, 4.69) is 11.7 Å². The molecule has 0 radical (unpaired) electrons. The average Bonchev–Trinajstić information content (AvgIpc) is 2.84. The van der Waals surface area contributed by atoms with Gasteiger partial charge in [0.15, 0.2) is 0 Å². The first kappa shape index (κ1) is 27.6. The zero-order valence-corrected chi connectivity index (χ0v) is 19.1. The SMILES string of the molecule is CCCCCCCCc1ccc(OCCOCCC(=O)Oc2c(F)c(F)c(F)c(F)c2F)cc1. The molecule has 0 bridgehead atoms. The molecule has 0 amide bonds. The Bertz CT molecular complexity index is 890. The summed E-state index contributed by atoms with van der Waals surface area (Å²) in [5.41, 5.74) is 1.24. The van der Waals surface area contributed by atoms with Gasteiger partial charge in [-0.15, -0.1) is 0 Å². The van der Waals surface area contributed by atoms with Crippen molar-refractivity contribution in [1.82, 2.24) is 0 Å². The second kappa shape index (κ2) is 14.6. The van der Waals surface area contributed by atoms with Gasteiger partial charge in [0.1, 0.15) is 12.4 Å². The van der Waals surface area contributed by atoms with Gasteiger partial charge in [-0.25, -0.2) is 13.2 Å².